The fourth-order valence-electron chi connectivity index (χ4n) is 10.9. The smallest absolute Gasteiger partial charge is 0.306 e. The topological polar surface area (TPSA) is 78.9 Å². The highest BCUT2D eigenvalue weighted by molar-refractivity contribution is 5.71. The Balaban J connectivity index is 4.06. The molecule has 0 fully saturated rings. The van der Waals surface area contributed by atoms with Gasteiger partial charge >= 0.3 is 17.9 Å². The summed E-state index contributed by atoms with van der Waals surface area (Å²) in [5.74, 6) is -0.842. The Morgan fingerprint density at radius 2 is 0.450 bits per heavy atom. The van der Waals surface area contributed by atoms with E-state index in [9.17, 15) is 14.4 Å². The molecule has 0 aliphatic carbocycles. The Kier molecular flexibility index (Phi) is 67.1. The van der Waals surface area contributed by atoms with Gasteiger partial charge in [0.05, 0.1) is 0 Å². The Hall–Kier alpha value is -2.37. The van der Waals surface area contributed by atoms with Gasteiger partial charge in [0.2, 0.25) is 0 Å². The molecule has 80 heavy (non-hydrogen) atoms. The maximum Gasteiger partial charge on any atom is 0.306 e. The number of carbonyl (C=O) groups is 3. The number of unbranched alkanes of at least 4 members (excludes halogenated alkanes) is 50. The van der Waals surface area contributed by atoms with Crippen LogP contribution in [-0.4, -0.2) is 37.2 Å². The summed E-state index contributed by atoms with van der Waals surface area (Å²) in [6, 6.07) is 0. The van der Waals surface area contributed by atoms with Crippen LogP contribution in [0.1, 0.15) is 400 Å². The molecule has 6 heteroatoms. The fourth-order valence-corrected chi connectivity index (χ4v) is 10.9. The molecule has 0 rings (SSSR count). The molecule has 0 aromatic rings. The number of ether oxygens (including phenoxy) is 3. The summed E-state index contributed by atoms with van der Waals surface area (Å²) in [4.78, 5) is 38.3. The molecule has 6 nitrogen and oxygen atoms in total. The number of rotatable bonds is 67. The van der Waals surface area contributed by atoms with Crippen LogP contribution in [0.2, 0.25) is 0 Å². The first-order valence-corrected chi connectivity index (χ1v) is 36.0. The first-order chi connectivity index (χ1) is 39.5. The molecular formula is C74H138O6. The molecule has 1 atom stereocenters. The van der Waals surface area contributed by atoms with E-state index >= 15 is 0 Å². The van der Waals surface area contributed by atoms with E-state index in [2.05, 4.69) is 57.2 Å². The molecule has 0 N–H and O–H groups in total. The van der Waals surface area contributed by atoms with Gasteiger partial charge < -0.3 is 14.2 Å². The minimum Gasteiger partial charge on any atom is -0.462 e. The summed E-state index contributed by atoms with van der Waals surface area (Å²) in [5, 5.41) is 0. The second-order valence-electron chi connectivity index (χ2n) is 24.5. The zero-order valence-corrected chi connectivity index (χ0v) is 54.1. The highest BCUT2D eigenvalue weighted by atomic mass is 16.6. The van der Waals surface area contributed by atoms with Crippen molar-refractivity contribution in [2.45, 2.75) is 406 Å². The highest BCUT2D eigenvalue weighted by Gasteiger charge is 2.19. The van der Waals surface area contributed by atoms with E-state index < -0.39 is 6.10 Å². The molecule has 0 spiro atoms. The average molecular weight is 1120 g/mol. The van der Waals surface area contributed by atoms with E-state index in [0.29, 0.717) is 19.3 Å². The molecule has 0 aromatic carbocycles. The molecular weight excluding hydrogens is 985 g/mol. The maximum atomic E-state index is 12.9. The van der Waals surface area contributed by atoms with E-state index in [-0.39, 0.29) is 31.1 Å². The number of esters is 3. The van der Waals surface area contributed by atoms with Crippen molar-refractivity contribution in [1.29, 1.82) is 0 Å². The van der Waals surface area contributed by atoms with Crippen LogP contribution < -0.4 is 0 Å². The second-order valence-corrected chi connectivity index (χ2v) is 24.5. The second kappa shape index (κ2) is 69.1. The zero-order valence-electron chi connectivity index (χ0n) is 54.1. The molecule has 470 valence electrons. The van der Waals surface area contributed by atoms with Crippen LogP contribution in [0.4, 0.5) is 0 Å². The molecule has 0 aliphatic rings. The molecule has 0 bridgehead atoms. The summed E-state index contributed by atoms with van der Waals surface area (Å²) in [5.41, 5.74) is 0. The van der Waals surface area contributed by atoms with Crippen molar-refractivity contribution in [2.75, 3.05) is 13.2 Å². The standard InChI is InChI=1S/C74H138O6/c1-4-7-10-13-16-19-22-24-26-28-30-31-32-33-34-35-36-37-38-39-40-41-42-43-45-46-48-50-52-55-58-61-64-67-73(76)79-70-71(69-78-72(75)66-63-60-57-54-21-18-15-12-9-6-3)80-74(77)68-65-62-59-56-53-51-49-47-44-29-27-25-23-20-17-14-11-8-5-2/h22,24-25,27-28,30,71H,4-21,23,26,29,31-70H2,1-3H3/b24-22-,27-25-,30-28-. The third kappa shape index (κ3) is 66.4. The van der Waals surface area contributed by atoms with E-state index in [1.807, 2.05) is 0 Å². The normalized spacial score (nSPS) is 12.2. The predicted octanol–water partition coefficient (Wildman–Crippen LogP) is 24.7. The lowest BCUT2D eigenvalue weighted by molar-refractivity contribution is -0.167. The highest BCUT2D eigenvalue weighted by Crippen LogP contribution is 2.18. The van der Waals surface area contributed by atoms with Crippen LogP contribution in [0.3, 0.4) is 0 Å². The summed E-state index contributed by atoms with van der Waals surface area (Å²) in [6.07, 6.45) is 86.2. The predicted molar refractivity (Wildman–Crippen MR) is 349 cm³/mol. The lowest BCUT2D eigenvalue weighted by Crippen LogP contribution is -2.30. The van der Waals surface area contributed by atoms with Crippen molar-refractivity contribution < 1.29 is 28.6 Å². The Morgan fingerprint density at radius 3 is 0.700 bits per heavy atom. The van der Waals surface area contributed by atoms with Crippen molar-refractivity contribution in [3.63, 3.8) is 0 Å². The quantitative estimate of drug-likeness (QED) is 0.0261. The SMILES string of the molecule is CCCCCCC/C=C\C/C=C\CCCCCCCCCCCCCCCCCCCCCCCC(=O)OCC(COC(=O)CCCCCCCCCCCC)OC(=O)CCCCCCCCCCC/C=C\CCCCCCCC. The van der Waals surface area contributed by atoms with Crippen LogP contribution in [0.15, 0.2) is 36.5 Å². The van der Waals surface area contributed by atoms with Gasteiger partial charge in [0.1, 0.15) is 13.2 Å². The molecule has 0 aliphatic heterocycles. The molecule has 0 heterocycles. The van der Waals surface area contributed by atoms with Crippen LogP contribution in [0.5, 0.6) is 0 Å². The van der Waals surface area contributed by atoms with Gasteiger partial charge in [-0.15, -0.1) is 0 Å². The molecule has 0 aromatic heterocycles. The van der Waals surface area contributed by atoms with Crippen LogP contribution in [-0.2, 0) is 28.6 Å². The van der Waals surface area contributed by atoms with Gasteiger partial charge in [-0.2, -0.15) is 0 Å². The zero-order chi connectivity index (χ0) is 57.8. The number of carbonyl (C=O) groups excluding carboxylic acids is 3. The van der Waals surface area contributed by atoms with Gasteiger partial charge in [-0.05, 0) is 77.0 Å². The third-order valence-corrected chi connectivity index (χ3v) is 16.4. The summed E-state index contributed by atoms with van der Waals surface area (Å²) in [6.45, 7) is 6.68. The van der Waals surface area contributed by atoms with E-state index in [0.717, 1.165) is 64.2 Å². The first kappa shape index (κ1) is 77.6. The maximum absolute atomic E-state index is 12.9. The third-order valence-electron chi connectivity index (χ3n) is 16.4. The Bertz CT molecular complexity index is 1340. The van der Waals surface area contributed by atoms with Crippen LogP contribution in [0.25, 0.3) is 0 Å². The van der Waals surface area contributed by atoms with Gasteiger partial charge in [0, 0.05) is 19.3 Å². The Morgan fingerprint density at radius 1 is 0.250 bits per heavy atom. The van der Waals surface area contributed by atoms with Gasteiger partial charge in [0.15, 0.2) is 6.10 Å². The van der Waals surface area contributed by atoms with E-state index in [1.165, 1.54) is 295 Å². The average Bonchev–Trinajstić information content (AvgIpc) is 3.46. The van der Waals surface area contributed by atoms with Gasteiger partial charge in [-0.25, -0.2) is 0 Å². The summed E-state index contributed by atoms with van der Waals surface area (Å²) >= 11 is 0. The van der Waals surface area contributed by atoms with E-state index in [1.54, 1.807) is 0 Å². The minimum absolute atomic E-state index is 0.0666. The summed E-state index contributed by atoms with van der Waals surface area (Å²) < 4.78 is 16.9. The molecule has 1 unspecified atom stereocenters. The number of hydrogen-bond donors (Lipinski definition) is 0. The lowest BCUT2D eigenvalue weighted by Gasteiger charge is -2.18. The van der Waals surface area contributed by atoms with Crippen molar-refractivity contribution in [2.24, 2.45) is 0 Å². The van der Waals surface area contributed by atoms with Crippen molar-refractivity contribution in [3.05, 3.63) is 36.5 Å². The summed E-state index contributed by atoms with van der Waals surface area (Å²) in [7, 11) is 0. The number of hydrogen-bond acceptors (Lipinski definition) is 6. The van der Waals surface area contributed by atoms with Crippen LogP contribution >= 0.6 is 0 Å². The molecule has 0 saturated heterocycles. The fraction of sp³-hybridized carbons (Fsp3) is 0.878. The molecule has 0 saturated carbocycles. The van der Waals surface area contributed by atoms with Gasteiger partial charge in [-0.1, -0.05) is 340 Å². The van der Waals surface area contributed by atoms with Crippen molar-refractivity contribution in [3.8, 4) is 0 Å². The number of allylic oxidation sites excluding steroid dienone is 6. The monoisotopic (exact) mass is 1120 g/mol. The molecule has 0 radical (unpaired) electrons. The lowest BCUT2D eigenvalue weighted by atomic mass is 10.0. The van der Waals surface area contributed by atoms with Gasteiger partial charge in [-0.3, -0.25) is 14.4 Å². The molecule has 0 amide bonds. The first-order valence-electron chi connectivity index (χ1n) is 36.0. The van der Waals surface area contributed by atoms with Gasteiger partial charge in [0.25, 0.3) is 0 Å². The Labute approximate surface area is 499 Å². The van der Waals surface area contributed by atoms with Crippen LogP contribution in [0, 0.1) is 0 Å². The van der Waals surface area contributed by atoms with Crippen molar-refractivity contribution >= 4 is 17.9 Å². The van der Waals surface area contributed by atoms with E-state index in [4.69, 9.17) is 14.2 Å². The largest absolute Gasteiger partial charge is 0.462 e. The van der Waals surface area contributed by atoms with Crippen molar-refractivity contribution in [1.82, 2.24) is 0 Å². The minimum atomic E-state index is -0.769.